The lowest BCUT2D eigenvalue weighted by atomic mass is 10.1. The van der Waals surface area contributed by atoms with E-state index in [-0.39, 0.29) is 0 Å². The minimum atomic E-state index is 0.558. The van der Waals surface area contributed by atoms with E-state index in [9.17, 15) is 0 Å². The lowest BCUT2D eigenvalue weighted by Crippen LogP contribution is -2.15. The lowest BCUT2D eigenvalue weighted by Gasteiger charge is -2.20. The molecular weight excluding hydrogens is 316 g/mol. The molecule has 126 valence electrons. The van der Waals surface area contributed by atoms with E-state index in [2.05, 4.69) is 9.97 Å². The van der Waals surface area contributed by atoms with E-state index in [1.165, 1.54) is 0 Å². The molecule has 0 amide bonds. The van der Waals surface area contributed by atoms with Crippen LogP contribution in [0.5, 0.6) is 17.2 Å². The zero-order valence-corrected chi connectivity index (χ0v) is 13.9. The van der Waals surface area contributed by atoms with Gasteiger partial charge in [-0.1, -0.05) is 24.3 Å². The van der Waals surface area contributed by atoms with Crippen molar-refractivity contribution in [2.24, 2.45) is 0 Å². The molecule has 1 aliphatic rings. The maximum atomic E-state index is 5.77. The van der Waals surface area contributed by atoms with E-state index in [1.807, 2.05) is 54.6 Å². The molecule has 2 heterocycles. The number of hydrogen-bond acceptors (Lipinski definition) is 4. The normalized spacial score (nSPS) is 13.2. The van der Waals surface area contributed by atoms with Gasteiger partial charge >= 0.3 is 0 Å². The van der Waals surface area contributed by atoms with Gasteiger partial charge in [-0.15, -0.1) is 0 Å². The minimum Gasteiger partial charge on any atom is -0.497 e. The van der Waals surface area contributed by atoms with Gasteiger partial charge in [0.2, 0.25) is 0 Å². The number of benzene rings is 2. The first-order valence-corrected chi connectivity index (χ1v) is 8.09. The van der Waals surface area contributed by atoms with Crippen molar-refractivity contribution >= 4 is 12.2 Å². The Morgan fingerprint density at radius 1 is 1.04 bits per heavy atom. The van der Waals surface area contributed by atoms with E-state index in [4.69, 9.17) is 14.2 Å². The number of aromatic amines is 1. The van der Waals surface area contributed by atoms with E-state index in [0.29, 0.717) is 13.2 Å². The van der Waals surface area contributed by atoms with Gasteiger partial charge in [-0.2, -0.15) is 0 Å². The molecule has 1 N–H and O–H groups in total. The second kappa shape index (κ2) is 6.73. The Kier molecular flexibility index (Phi) is 4.12. The third-order valence-electron chi connectivity index (χ3n) is 4.00. The molecular formula is C20H18N2O3. The molecule has 0 aliphatic carbocycles. The number of H-pyrrole nitrogens is 1. The first-order chi connectivity index (χ1) is 12.3. The van der Waals surface area contributed by atoms with Crippen LogP contribution in [0.15, 0.2) is 48.7 Å². The molecule has 0 bridgehead atoms. The SMILES string of the molecule is COc1ccc(/C=C/c2ncc(-c3cccc4c3OCCO4)[nH]2)cc1. The summed E-state index contributed by atoms with van der Waals surface area (Å²) in [5.41, 5.74) is 2.93. The van der Waals surface area contributed by atoms with Crippen molar-refractivity contribution in [3.05, 3.63) is 60.0 Å². The van der Waals surface area contributed by atoms with E-state index >= 15 is 0 Å². The van der Waals surface area contributed by atoms with E-state index in [0.717, 1.165) is 39.9 Å². The molecule has 4 rings (SSSR count). The van der Waals surface area contributed by atoms with Crippen molar-refractivity contribution in [3.8, 4) is 28.5 Å². The van der Waals surface area contributed by atoms with Crippen LogP contribution < -0.4 is 14.2 Å². The molecule has 5 heteroatoms. The van der Waals surface area contributed by atoms with Crippen molar-refractivity contribution in [1.29, 1.82) is 0 Å². The van der Waals surface area contributed by atoms with Crippen molar-refractivity contribution in [2.45, 2.75) is 0 Å². The standard InChI is InChI=1S/C20H18N2O3/c1-23-15-8-5-14(6-9-15)7-10-19-21-13-17(22-19)16-3-2-4-18-20(16)25-12-11-24-18/h2-10,13H,11-12H2,1H3,(H,21,22)/b10-7+. The highest BCUT2D eigenvalue weighted by Crippen LogP contribution is 2.39. The van der Waals surface area contributed by atoms with E-state index in [1.54, 1.807) is 13.3 Å². The fourth-order valence-corrected chi connectivity index (χ4v) is 2.73. The Morgan fingerprint density at radius 3 is 2.72 bits per heavy atom. The maximum Gasteiger partial charge on any atom is 0.170 e. The number of methoxy groups -OCH3 is 1. The first kappa shape index (κ1) is 15.3. The predicted molar refractivity (Wildman–Crippen MR) is 96.9 cm³/mol. The third kappa shape index (κ3) is 3.21. The first-order valence-electron chi connectivity index (χ1n) is 8.09. The van der Waals surface area contributed by atoms with Gasteiger partial charge in [0.05, 0.1) is 19.0 Å². The number of hydrogen-bond donors (Lipinski definition) is 1. The summed E-state index contributed by atoms with van der Waals surface area (Å²) >= 11 is 0. The summed E-state index contributed by atoms with van der Waals surface area (Å²) < 4.78 is 16.6. The molecule has 1 aromatic heterocycles. The Hall–Kier alpha value is -3.21. The van der Waals surface area contributed by atoms with Crippen LogP contribution in [-0.4, -0.2) is 30.3 Å². The summed E-state index contributed by atoms with van der Waals surface area (Å²) in [4.78, 5) is 7.74. The van der Waals surface area contributed by atoms with Gasteiger partial charge in [-0.05, 0) is 35.9 Å². The van der Waals surface area contributed by atoms with Crippen LogP contribution in [0.2, 0.25) is 0 Å². The molecule has 0 spiro atoms. The molecule has 1 aliphatic heterocycles. The van der Waals surface area contributed by atoms with Gasteiger partial charge in [0.1, 0.15) is 24.8 Å². The number of rotatable bonds is 4. The summed E-state index contributed by atoms with van der Waals surface area (Å²) in [7, 11) is 1.66. The van der Waals surface area contributed by atoms with Gasteiger partial charge < -0.3 is 19.2 Å². The summed E-state index contributed by atoms with van der Waals surface area (Å²) in [6.07, 6.45) is 5.75. The highest BCUT2D eigenvalue weighted by Gasteiger charge is 2.17. The largest absolute Gasteiger partial charge is 0.497 e. The highest BCUT2D eigenvalue weighted by molar-refractivity contribution is 5.73. The zero-order valence-electron chi connectivity index (χ0n) is 13.9. The Bertz CT molecular complexity index is 898. The van der Waals surface area contributed by atoms with Crippen molar-refractivity contribution in [3.63, 3.8) is 0 Å². The van der Waals surface area contributed by atoms with Crippen LogP contribution in [0.1, 0.15) is 11.4 Å². The maximum absolute atomic E-state index is 5.77. The molecule has 0 saturated carbocycles. The quantitative estimate of drug-likeness (QED) is 0.783. The number of para-hydroxylation sites is 1. The van der Waals surface area contributed by atoms with Crippen LogP contribution in [0.4, 0.5) is 0 Å². The third-order valence-corrected chi connectivity index (χ3v) is 4.00. The Labute approximate surface area is 145 Å². The highest BCUT2D eigenvalue weighted by atomic mass is 16.6. The van der Waals surface area contributed by atoms with Gasteiger partial charge in [0.25, 0.3) is 0 Å². The number of nitrogens with zero attached hydrogens (tertiary/aromatic N) is 1. The van der Waals surface area contributed by atoms with Crippen molar-refractivity contribution in [1.82, 2.24) is 9.97 Å². The number of aromatic nitrogens is 2. The second-order valence-corrected chi connectivity index (χ2v) is 5.62. The number of nitrogens with one attached hydrogen (secondary N) is 1. The van der Waals surface area contributed by atoms with Crippen molar-refractivity contribution in [2.75, 3.05) is 20.3 Å². The number of fused-ring (bicyclic) bond motifs is 1. The monoisotopic (exact) mass is 334 g/mol. The smallest absolute Gasteiger partial charge is 0.170 e. The molecule has 2 aromatic carbocycles. The summed E-state index contributed by atoms with van der Waals surface area (Å²) in [5.74, 6) is 3.16. The molecule has 0 atom stereocenters. The van der Waals surface area contributed by atoms with Crippen LogP contribution in [0.3, 0.4) is 0 Å². The average Bonchev–Trinajstić information content (AvgIpc) is 3.15. The zero-order chi connectivity index (χ0) is 17.1. The molecule has 0 saturated heterocycles. The Balaban J connectivity index is 1.57. The number of ether oxygens (including phenoxy) is 3. The fraction of sp³-hybridized carbons (Fsp3) is 0.150. The number of imidazole rings is 1. The topological polar surface area (TPSA) is 56.4 Å². The minimum absolute atomic E-state index is 0.558. The van der Waals surface area contributed by atoms with Gasteiger partial charge in [0, 0.05) is 5.56 Å². The molecule has 0 radical (unpaired) electrons. The molecule has 5 nitrogen and oxygen atoms in total. The van der Waals surface area contributed by atoms with Crippen LogP contribution in [0.25, 0.3) is 23.4 Å². The average molecular weight is 334 g/mol. The molecule has 0 fully saturated rings. The lowest BCUT2D eigenvalue weighted by molar-refractivity contribution is 0.172. The molecule has 3 aromatic rings. The summed E-state index contributed by atoms with van der Waals surface area (Å²) in [6, 6.07) is 13.7. The molecule has 0 unspecified atom stereocenters. The Morgan fingerprint density at radius 2 is 1.88 bits per heavy atom. The van der Waals surface area contributed by atoms with Crippen LogP contribution in [-0.2, 0) is 0 Å². The fourth-order valence-electron chi connectivity index (χ4n) is 2.73. The summed E-state index contributed by atoms with van der Waals surface area (Å²) in [5, 5.41) is 0. The van der Waals surface area contributed by atoms with Gasteiger partial charge in [-0.25, -0.2) is 4.98 Å². The van der Waals surface area contributed by atoms with Crippen LogP contribution in [0, 0.1) is 0 Å². The summed E-state index contributed by atoms with van der Waals surface area (Å²) in [6.45, 7) is 1.14. The van der Waals surface area contributed by atoms with Crippen molar-refractivity contribution < 1.29 is 14.2 Å². The second-order valence-electron chi connectivity index (χ2n) is 5.62. The van der Waals surface area contributed by atoms with Gasteiger partial charge in [0.15, 0.2) is 11.5 Å². The van der Waals surface area contributed by atoms with Crippen LogP contribution >= 0.6 is 0 Å². The predicted octanol–water partition coefficient (Wildman–Crippen LogP) is 4.03. The van der Waals surface area contributed by atoms with E-state index < -0.39 is 0 Å². The van der Waals surface area contributed by atoms with Gasteiger partial charge in [-0.3, -0.25) is 0 Å². The molecule has 25 heavy (non-hydrogen) atoms.